The van der Waals surface area contributed by atoms with Gasteiger partial charge in [-0.2, -0.15) is 0 Å². The predicted molar refractivity (Wildman–Crippen MR) is 54.5 cm³/mol. The molecular formula is C11H12O5. The van der Waals surface area contributed by atoms with Gasteiger partial charge in [-0.25, -0.2) is 0 Å². The van der Waals surface area contributed by atoms with Gasteiger partial charge in [0.15, 0.2) is 0 Å². The van der Waals surface area contributed by atoms with E-state index in [1.165, 1.54) is 7.11 Å². The van der Waals surface area contributed by atoms with Crippen molar-refractivity contribution >= 4 is 11.9 Å². The zero-order chi connectivity index (χ0) is 12.0. The maximum Gasteiger partial charge on any atom is 0.319 e. The molecule has 1 N–H and O–H groups in total. The van der Waals surface area contributed by atoms with Crippen molar-refractivity contribution in [2.45, 2.75) is 12.7 Å². The highest BCUT2D eigenvalue weighted by Crippen LogP contribution is 2.18. The molecule has 0 amide bonds. The minimum Gasteiger partial charge on any atom is -0.481 e. The number of benzene rings is 1. The van der Waals surface area contributed by atoms with E-state index in [1.54, 1.807) is 24.3 Å². The summed E-state index contributed by atoms with van der Waals surface area (Å²) in [5.74, 6) is -2.06. The Morgan fingerprint density at radius 3 is 2.44 bits per heavy atom. The third-order valence-corrected chi connectivity index (χ3v) is 1.82. The van der Waals surface area contributed by atoms with E-state index in [-0.39, 0.29) is 0 Å². The van der Waals surface area contributed by atoms with Crippen LogP contribution in [-0.2, 0) is 19.1 Å². The average molecular weight is 224 g/mol. The highest BCUT2D eigenvalue weighted by atomic mass is 16.7. The molecule has 0 bridgehead atoms. The Kier molecular flexibility index (Phi) is 4.47. The van der Waals surface area contributed by atoms with Crippen LogP contribution in [0.5, 0.6) is 0 Å². The minimum atomic E-state index is -1.23. The maximum atomic E-state index is 11.1. The number of aliphatic carboxylic acids is 1. The van der Waals surface area contributed by atoms with E-state index in [0.29, 0.717) is 5.56 Å². The Morgan fingerprint density at radius 2 is 1.94 bits per heavy atom. The van der Waals surface area contributed by atoms with Crippen LogP contribution in [0, 0.1) is 0 Å². The van der Waals surface area contributed by atoms with Crippen molar-refractivity contribution in [3.8, 4) is 0 Å². The van der Waals surface area contributed by atoms with Gasteiger partial charge in [0.05, 0.1) is 0 Å². The summed E-state index contributed by atoms with van der Waals surface area (Å²) < 4.78 is 9.81. The summed E-state index contributed by atoms with van der Waals surface area (Å²) in [6.07, 6.45) is -1.54. The standard InChI is InChI=1S/C11H12O5/c1-15-11(8-5-3-2-4-6-8)16-10(14)7-9(12)13/h2-6,11H,7H2,1H3,(H,12,13). The summed E-state index contributed by atoms with van der Waals surface area (Å²) in [5, 5.41) is 8.40. The fourth-order valence-electron chi connectivity index (χ4n) is 1.15. The largest absolute Gasteiger partial charge is 0.481 e. The summed E-state index contributed by atoms with van der Waals surface area (Å²) in [6.45, 7) is 0. The Morgan fingerprint density at radius 1 is 1.31 bits per heavy atom. The van der Waals surface area contributed by atoms with Gasteiger partial charge >= 0.3 is 11.9 Å². The van der Waals surface area contributed by atoms with Gasteiger partial charge in [-0.3, -0.25) is 9.59 Å². The number of carboxylic acids is 1. The zero-order valence-electron chi connectivity index (χ0n) is 8.75. The van der Waals surface area contributed by atoms with Crippen molar-refractivity contribution in [2.24, 2.45) is 0 Å². The number of ether oxygens (including phenoxy) is 2. The fourth-order valence-corrected chi connectivity index (χ4v) is 1.15. The lowest BCUT2D eigenvalue weighted by Gasteiger charge is -2.15. The smallest absolute Gasteiger partial charge is 0.319 e. The van der Waals surface area contributed by atoms with Crippen molar-refractivity contribution in [1.82, 2.24) is 0 Å². The molecule has 86 valence electrons. The summed E-state index contributed by atoms with van der Waals surface area (Å²) in [4.78, 5) is 21.4. The number of carboxylic acid groups (broad SMARTS) is 1. The highest BCUT2D eigenvalue weighted by Gasteiger charge is 2.17. The molecule has 1 rings (SSSR count). The number of methoxy groups -OCH3 is 1. The van der Waals surface area contributed by atoms with Crippen LogP contribution in [0.2, 0.25) is 0 Å². The number of hydrogen-bond donors (Lipinski definition) is 1. The first-order chi connectivity index (χ1) is 7.63. The summed E-state index contributed by atoms with van der Waals surface area (Å²) in [6, 6.07) is 8.80. The van der Waals surface area contributed by atoms with E-state index in [1.807, 2.05) is 6.07 Å². The summed E-state index contributed by atoms with van der Waals surface area (Å²) >= 11 is 0. The van der Waals surface area contributed by atoms with E-state index in [2.05, 4.69) is 0 Å². The molecule has 0 saturated heterocycles. The van der Waals surface area contributed by atoms with Gasteiger partial charge in [-0.15, -0.1) is 0 Å². The number of hydrogen-bond acceptors (Lipinski definition) is 4. The Bertz CT molecular complexity index is 360. The van der Waals surface area contributed by atoms with Gasteiger partial charge in [0.25, 0.3) is 0 Å². The quantitative estimate of drug-likeness (QED) is 0.464. The van der Waals surface area contributed by atoms with Gasteiger partial charge in [0.2, 0.25) is 6.29 Å². The average Bonchev–Trinajstić information content (AvgIpc) is 2.26. The molecule has 0 fully saturated rings. The molecule has 0 saturated carbocycles. The second kappa shape index (κ2) is 5.87. The Labute approximate surface area is 92.6 Å². The van der Waals surface area contributed by atoms with Crippen LogP contribution in [0.4, 0.5) is 0 Å². The first-order valence-electron chi connectivity index (χ1n) is 4.62. The first kappa shape index (κ1) is 12.2. The van der Waals surface area contributed by atoms with Crippen LogP contribution in [0.25, 0.3) is 0 Å². The lowest BCUT2D eigenvalue weighted by atomic mass is 10.2. The normalized spacial score (nSPS) is 11.8. The molecule has 0 radical (unpaired) electrons. The molecule has 5 heteroatoms. The Balaban J connectivity index is 2.63. The molecule has 0 aliphatic rings. The van der Waals surface area contributed by atoms with E-state index in [9.17, 15) is 9.59 Å². The van der Waals surface area contributed by atoms with Crippen LogP contribution in [0.15, 0.2) is 30.3 Å². The zero-order valence-corrected chi connectivity index (χ0v) is 8.75. The van der Waals surface area contributed by atoms with Crippen molar-refractivity contribution < 1.29 is 24.2 Å². The first-order valence-corrected chi connectivity index (χ1v) is 4.62. The molecule has 16 heavy (non-hydrogen) atoms. The van der Waals surface area contributed by atoms with Crippen molar-refractivity contribution in [3.63, 3.8) is 0 Å². The van der Waals surface area contributed by atoms with Crippen molar-refractivity contribution in [1.29, 1.82) is 0 Å². The second-order valence-electron chi connectivity index (χ2n) is 3.04. The lowest BCUT2D eigenvalue weighted by molar-refractivity contribution is -0.177. The van der Waals surface area contributed by atoms with E-state index >= 15 is 0 Å². The molecule has 5 nitrogen and oxygen atoms in total. The Hall–Kier alpha value is -1.88. The van der Waals surface area contributed by atoms with Crippen LogP contribution in [-0.4, -0.2) is 24.2 Å². The van der Waals surface area contributed by atoms with E-state index in [0.717, 1.165) is 0 Å². The van der Waals surface area contributed by atoms with Crippen molar-refractivity contribution in [3.05, 3.63) is 35.9 Å². The minimum absolute atomic E-state index is 0.656. The molecule has 1 unspecified atom stereocenters. The molecule has 1 aromatic carbocycles. The molecule has 0 heterocycles. The van der Waals surface area contributed by atoms with Crippen LogP contribution in [0.1, 0.15) is 18.3 Å². The van der Waals surface area contributed by atoms with Gasteiger partial charge in [-0.05, 0) is 0 Å². The van der Waals surface area contributed by atoms with Crippen LogP contribution >= 0.6 is 0 Å². The SMILES string of the molecule is COC(OC(=O)CC(=O)O)c1ccccc1. The molecule has 1 atom stereocenters. The topological polar surface area (TPSA) is 72.8 Å². The fraction of sp³-hybridized carbons (Fsp3) is 0.273. The molecule has 0 spiro atoms. The number of rotatable bonds is 5. The van der Waals surface area contributed by atoms with E-state index in [4.69, 9.17) is 14.6 Å². The van der Waals surface area contributed by atoms with Gasteiger partial charge < -0.3 is 14.6 Å². The van der Waals surface area contributed by atoms with Gasteiger partial charge in [0.1, 0.15) is 6.42 Å². The second-order valence-corrected chi connectivity index (χ2v) is 3.04. The van der Waals surface area contributed by atoms with Crippen LogP contribution in [0.3, 0.4) is 0 Å². The third-order valence-electron chi connectivity index (χ3n) is 1.82. The summed E-state index contributed by atoms with van der Waals surface area (Å²) in [7, 11) is 1.38. The van der Waals surface area contributed by atoms with Gasteiger partial charge in [0, 0.05) is 12.7 Å². The van der Waals surface area contributed by atoms with Crippen molar-refractivity contribution in [2.75, 3.05) is 7.11 Å². The third kappa shape index (κ3) is 3.70. The number of esters is 1. The molecule has 0 aliphatic carbocycles. The molecule has 0 aliphatic heterocycles. The number of carbonyl (C=O) groups excluding carboxylic acids is 1. The number of carbonyl (C=O) groups is 2. The lowest BCUT2D eigenvalue weighted by Crippen LogP contribution is -2.15. The van der Waals surface area contributed by atoms with Crippen LogP contribution < -0.4 is 0 Å². The monoisotopic (exact) mass is 224 g/mol. The highest BCUT2D eigenvalue weighted by molar-refractivity contribution is 5.90. The van der Waals surface area contributed by atoms with E-state index < -0.39 is 24.6 Å². The molecule has 1 aromatic rings. The molecule has 0 aromatic heterocycles. The molecular weight excluding hydrogens is 212 g/mol. The van der Waals surface area contributed by atoms with Gasteiger partial charge in [-0.1, -0.05) is 30.3 Å². The predicted octanol–water partition coefficient (Wildman–Crippen LogP) is 1.35. The summed E-state index contributed by atoms with van der Waals surface area (Å²) in [5.41, 5.74) is 0.656. The maximum absolute atomic E-state index is 11.1.